The topological polar surface area (TPSA) is 102 Å². The quantitative estimate of drug-likeness (QED) is 0.574. The van der Waals surface area contributed by atoms with E-state index in [0.29, 0.717) is 11.8 Å². The zero-order valence-electron chi connectivity index (χ0n) is 9.79. The van der Waals surface area contributed by atoms with E-state index in [1.54, 1.807) is 0 Å². The van der Waals surface area contributed by atoms with E-state index in [9.17, 15) is 10.1 Å². The molecule has 2 atom stereocenters. The van der Waals surface area contributed by atoms with Gasteiger partial charge in [0.1, 0.15) is 6.33 Å². The van der Waals surface area contributed by atoms with E-state index in [4.69, 9.17) is 4.74 Å². The molecule has 2 unspecified atom stereocenters. The summed E-state index contributed by atoms with van der Waals surface area (Å²) in [5, 5.41) is 17.4. The van der Waals surface area contributed by atoms with Gasteiger partial charge in [0.25, 0.3) is 5.88 Å². The lowest BCUT2D eigenvalue weighted by Gasteiger charge is -2.09. The number of nitrogens with one attached hydrogen (secondary N) is 2. The fraction of sp³-hybridized carbons (Fsp3) is 0.600. The van der Waals surface area contributed by atoms with Gasteiger partial charge in [-0.15, -0.1) is 0 Å². The average molecular weight is 251 g/mol. The first kappa shape index (κ1) is 11.1. The molecule has 1 aliphatic carbocycles. The third-order valence-electron chi connectivity index (χ3n) is 3.56. The SMILES string of the molecule is COc1ncnc(NC2C3CNCC32)c1[N+](=O)[O-]. The van der Waals surface area contributed by atoms with E-state index < -0.39 is 4.92 Å². The van der Waals surface area contributed by atoms with Crippen molar-refractivity contribution < 1.29 is 9.66 Å². The van der Waals surface area contributed by atoms with Crippen LogP contribution in [0, 0.1) is 22.0 Å². The Kier molecular flexibility index (Phi) is 2.51. The van der Waals surface area contributed by atoms with Gasteiger partial charge in [0.05, 0.1) is 12.0 Å². The van der Waals surface area contributed by atoms with Gasteiger partial charge < -0.3 is 15.4 Å². The summed E-state index contributed by atoms with van der Waals surface area (Å²) in [5.41, 5.74) is -0.196. The number of nitro groups is 1. The van der Waals surface area contributed by atoms with E-state index >= 15 is 0 Å². The molecule has 2 N–H and O–H groups in total. The predicted molar refractivity (Wildman–Crippen MR) is 62.5 cm³/mol. The molecule has 2 aliphatic rings. The number of nitrogens with zero attached hydrogens (tertiary/aromatic N) is 3. The highest BCUT2D eigenvalue weighted by molar-refractivity contribution is 5.62. The van der Waals surface area contributed by atoms with Crippen LogP contribution in [-0.2, 0) is 0 Å². The molecule has 1 aromatic heterocycles. The van der Waals surface area contributed by atoms with Crippen LogP contribution in [0.4, 0.5) is 11.5 Å². The maximum Gasteiger partial charge on any atom is 0.372 e. The zero-order valence-corrected chi connectivity index (χ0v) is 9.79. The Balaban J connectivity index is 1.85. The van der Waals surface area contributed by atoms with Crippen molar-refractivity contribution in [3.8, 4) is 5.88 Å². The van der Waals surface area contributed by atoms with Crippen molar-refractivity contribution in [2.75, 3.05) is 25.5 Å². The Morgan fingerprint density at radius 2 is 2.22 bits per heavy atom. The predicted octanol–water partition coefficient (Wildman–Crippen LogP) is 0.0231. The molecule has 3 rings (SSSR count). The van der Waals surface area contributed by atoms with Crippen LogP contribution in [-0.4, -0.2) is 41.1 Å². The highest BCUT2D eigenvalue weighted by atomic mass is 16.6. The Labute approximate surface area is 103 Å². The molecule has 1 saturated carbocycles. The number of methoxy groups -OCH3 is 1. The fourth-order valence-corrected chi connectivity index (χ4v) is 2.57. The third-order valence-corrected chi connectivity index (χ3v) is 3.56. The molecule has 0 amide bonds. The standard InChI is InChI=1S/C10H13N5O3/c1-18-10-8(15(16)17)9(12-4-13-10)14-7-5-2-11-3-6(5)7/h4-7,11H,2-3H2,1H3,(H,12,13,14). The summed E-state index contributed by atoms with van der Waals surface area (Å²) in [4.78, 5) is 18.2. The van der Waals surface area contributed by atoms with Gasteiger partial charge in [0.15, 0.2) is 0 Å². The third kappa shape index (κ3) is 1.65. The molecule has 0 aromatic carbocycles. The van der Waals surface area contributed by atoms with Crippen molar-refractivity contribution in [1.82, 2.24) is 15.3 Å². The molecule has 0 radical (unpaired) electrons. The molecule has 18 heavy (non-hydrogen) atoms. The Morgan fingerprint density at radius 1 is 1.50 bits per heavy atom. The number of aromatic nitrogens is 2. The minimum absolute atomic E-state index is 0.0126. The molecular weight excluding hydrogens is 238 g/mol. The number of fused-ring (bicyclic) bond motifs is 1. The number of rotatable bonds is 4. The summed E-state index contributed by atoms with van der Waals surface area (Å²) in [6, 6.07) is 0.268. The normalized spacial score (nSPS) is 28.6. The number of ether oxygens (including phenoxy) is 1. The second kappa shape index (κ2) is 4.05. The first-order chi connectivity index (χ1) is 8.72. The molecule has 1 aromatic rings. The van der Waals surface area contributed by atoms with Crippen LogP contribution in [0.25, 0.3) is 0 Å². The van der Waals surface area contributed by atoms with Crippen LogP contribution in [0.15, 0.2) is 6.33 Å². The Hall–Kier alpha value is -1.96. The van der Waals surface area contributed by atoms with Crippen LogP contribution in [0.2, 0.25) is 0 Å². The maximum absolute atomic E-state index is 11.0. The van der Waals surface area contributed by atoms with Crippen molar-refractivity contribution in [3.63, 3.8) is 0 Å². The molecule has 2 fully saturated rings. The van der Waals surface area contributed by atoms with E-state index in [-0.39, 0.29) is 23.4 Å². The lowest BCUT2D eigenvalue weighted by Crippen LogP contribution is -2.22. The minimum atomic E-state index is -0.516. The number of piperidine rings is 1. The molecule has 8 heteroatoms. The lowest BCUT2D eigenvalue weighted by atomic mass is 10.4. The second-order valence-electron chi connectivity index (χ2n) is 4.49. The number of hydrogen-bond donors (Lipinski definition) is 2. The van der Waals surface area contributed by atoms with Crippen molar-refractivity contribution in [1.29, 1.82) is 0 Å². The highest BCUT2D eigenvalue weighted by Crippen LogP contribution is 2.45. The van der Waals surface area contributed by atoms with Gasteiger partial charge >= 0.3 is 5.69 Å². The number of hydrogen-bond acceptors (Lipinski definition) is 7. The van der Waals surface area contributed by atoms with Gasteiger partial charge in [0, 0.05) is 19.1 Å². The highest BCUT2D eigenvalue weighted by Gasteiger charge is 2.53. The Morgan fingerprint density at radius 3 is 2.83 bits per heavy atom. The second-order valence-corrected chi connectivity index (χ2v) is 4.49. The van der Waals surface area contributed by atoms with Gasteiger partial charge in [-0.1, -0.05) is 0 Å². The van der Waals surface area contributed by atoms with E-state index in [2.05, 4.69) is 20.6 Å². The van der Waals surface area contributed by atoms with Crippen molar-refractivity contribution in [2.45, 2.75) is 6.04 Å². The van der Waals surface area contributed by atoms with Crippen molar-refractivity contribution in [2.24, 2.45) is 11.8 Å². The largest absolute Gasteiger partial charge is 0.476 e. The van der Waals surface area contributed by atoms with Gasteiger partial charge in [0.2, 0.25) is 5.82 Å². The van der Waals surface area contributed by atoms with Crippen LogP contribution in [0.3, 0.4) is 0 Å². The smallest absolute Gasteiger partial charge is 0.372 e. The van der Waals surface area contributed by atoms with E-state index in [1.165, 1.54) is 13.4 Å². The first-order valence-corrected chi connectivity index (χ1v) is 5.73. The van der Waals surface area contributed by atoms with E-state index in [0.717, 1.165) is 13.1 Å². The van der Waals surface area contributed by atoms with Gasteiger partial charge in [-0.3, -0.25) is 10.1 Å². The van der Waals surface area contributed by atoms with Crippen molar-refractivity contribution >= 4 is 11.5 Å². The number of anilines is 1. The molecular formula is C10H13N5O3. The van der Waals surface area contributed by atoms with E-state index in [1.807, 2.05) is 0 Å². The van der Waals surface area contributed by atoms with Crippen LogP contribution >= 0.6 is 0 Å². The first-order valence-electron chi connectivity index (χ1n) is 5.73. The minimum Gasteiger partial charge on any atom is -0.476 e. The molecule has 0 spiro atoms. The molecule has 96 valence electrons. The summed E-state index contributed by atoms with van der Waals surface area (Å²) >= 11 is 0. The summed E-state index contributed by atoms with van der Waals surface area (Å²) < 4.78 is 4.90. The summed E-state index contributed by atoms with van der Waals surface area (Å²) in [6.07, 6.45) is 1.27. The Bertz CT molecular complexity index is 484. The van der Waals surface area contributed by atoms with Crippen molar-refractivity contribution in [3.05, 3.63) is 16.4 Å². The molecule has 8 nitrogen and oxygen atoms in total. The van der Waals surface area contributed by atoms with Crippen LogP contribution < -0.4 is 15.4 Å². The average Bonchev–Trinajstić information content (AvgIpc) is 2.81. The van der Waals surface area contributed by atoms with Gasteiger partial charge in [-0.2, -0.15) is 4.98 Å². The molecule has 1 aliphatic heterocycles. The van der Waals surface area contributed by atoms with Gasteiger partial charge in [-0.25, -0.2) is 4.98 Å². The monoisotopic (exact) mass is 251 g/mol. The van der Waals surface area contributed by atoms with Gasteiger partial charge in [-0.05, 0) is 11.8 Å². The molecule has 1 saturated heterocycles. The molecule has 2 heterocycles. The lowest BCUT2D eigenvalue weighted by molar-refractivity contribution is -0.385. The molecule has 0 bridgehead atoms. The summed E-state index contributed by atoms with van der Waals surface area (Å²) in [5.74, 6) is 1.32. The van der Waals surface area contributed by atoms with Crippen LogP contribution in [0.1, 0.15) is 0 Å². The fourth-order valence-electron chi connectivity index (χ4n) is 2.57. The maximum atomic E-state index is 11.0. The summed E-state index contributed by atoms with van der Waals surface area (Å²) in [7, 11) is 1.36. The van der Waals surface area contributed by atoms with Crippen LogP contribution in [0.5, 0.6) is 5.88 Å². The zero-order chi connectivity index (χ0) is 12.7. The summed E-state index contributed by atoms with van der Waals surface area (Å²) in [6.45, 7) is 1.91.